The van der Waals surface area contributed by atoms with E-state index in [1.165, 1.54) is 0 Å². The summed E-state index contributed by atoms with van der Waals surface area (Å²) in [5.41, 5.74) is 2.07. The Morgan fingerprint density at radius 1 is 0.386 bits per heavy atom. The molecule has 0 spiro atoms. The highest BCUT2D eigenvalue weighted by Crippen LogP contribution is 2.54. The minimum atomic E-state index is -0.508. The summed E-state index contributed by atoms with van der Waals surface area (Å²) in [6.45, 7) is 13.3. The molecule has 14 nitrogen and oxygen atoms in total. The summed E-state index contributed by atoms with van der Waals surface area (Å²) in [5.74, 6) is 3.04. The zero-order valence-electron chi connectivity index (χ0n) is 42.8. The van der Waals surface area contributed by atoms with Gasteiger partial charge in [-0.3, -0.25) is 0 Å². The summed E-state index contributed by atoms with van der Waals surface area (Å²) in [7, 11) is 12.8. The van der Waals surface area contributed by atoms with Gasteiger partial charge in [0.2, 0.25) is 0 Å². The van der Waals surface area contributed by atoms with Crippen molar-refractivity contribution >= 4 is 76.6 Å². The van der Waals surface area contributed by atoms with Gasteiger partial charge in [0.05, 0.1) is 81.5 Å². The van der Waals surface area contributed by atoms with Crippen LogP contribution < -0.4 is 37.9 Å². The molecule has 2 atom stereocenters. The number of nitrogens with zero attached hydrogens (tertiary/aromatic N) is 2. The third-order valence-electron chi connectivity index (χ3n) is 13.8. The van der Waals surface area contributed by atoms with E-state index in [1.54, 1.807) is 70.7 Å². The van der Waals surface area contributed by atoms with Gasteiger partial charge in [-0.2, -0.15) is 0 Å². The third kappa shape index (κ3) is 7.81. The summed E-state index contributed by atoms with van der Waals surface area (Å²) in [6, 6.07) is 15.6. The molecule has 0 fully saturated rings. The summed E-state index contributed by atoms with van der Waals surface area (Å²) in [5, 5.41) is 8.81. The molecule has 0 aliphatic rings. The molecule has 2 heterocycles. The maximum Gasteiger partial charge on any atom is 0.355 e. The first kappa shape index (κ1) is 49.2. The van der Waals surface area contributed by atoms with Crippen LogP contribution in [0.1, 0.15) is 75.4 Å². The van der Waals surface area contributed by atoms with Gasteiger partial charge in [0.1, 0.15) is 11.4 Å². The Balaban J connectivity index is 1.83. The quantitative estimate of drug-likeness (QED) is 0.0563. The van der Waals surface area contributed by atoms with Gasteiger partial charge in [0.25, 0.3) is 0 Å². The number of carbonyl (C=O) groups excluding carboxylic acids is 2. The van der Waals surface area contributed by atoms with Crippen molar-refractivity contribution in [2.45, 2.75) is 67.5 Å². The van der Waals surface area contributed by atoms with Crippen LogP contribution in [-0.4, -0.2) is 91.2 Å². The second-order valence-electron chi connectivity index (χ2n) is 17.6. The second kappa shape index (κ2) is 20.0. The number of benzene rings is 6. The van der Waals surface area contributed by atoms with E-state index < -0.39 is 11.9 Å². The summed E-state index contributed by atoms with van der Waals surface area (Å²) < 4.78 is 64.4. The fraction of sp³-hybridized carbons (Fsp3) is 0.393. The van der Waals surface area contributed by atoms with Gasteiger partial charge >= 0.3 is 11.9 Å². The van der Waals surface area contributed by atoms with Crippen molar-refractivity contribution in [3.8, 4) is 57.4 Å². The van der Waals surface area contributed by atoms with Crippen LogP contribution in [0.5, 0.6) is 46.0 Å². The van der Waals surface area contributed by atoms with Crippen LogP contribution in [0.25, 0.3) is 76.0 Å². The smallest absolute Gasteiger partial charge is 0.355 e. The van der Waals surface area contributed by atoms with Crippen molar-refractivity contribution in [3.63, 3.8) is 0 Å². The molecular weight excluding hydrogens is 893 g/mol. The van der Waals surface area contributed by atoms with E-state index in [0.717, 1.165) is 55.9 Å². The van der Waals surface area contributed by atoms with Crippen LogP contribution in [0.4, 0.5) is 0 Å². The van der Waals surface area contributed by atoms with E-state index in [1.807, 2.05) is 48.5 Å². The zero-order chi connectivity index (χ0) is 50.3. The Morgan fingerprint density at radius 2 is 0.614 bits per heavy atom. The van der Waals surface area contributed by atoms with Crippen molar-refractivity contribution in [2.75, 3.05) is 70.1 Å². The number of aromatic nitrogens is 2. The van der Waals surface area contributed by atoms with Gasteiger partial charge < -0.3 is 56.5 Å². The summed E-state index contributed by atoms with van der Waals surface area (Å²) in [6.07, 6.45) is 1.59. The average Bonchev–Trinajstić information content (AvgIpc) is 3.89. The van der Waals surface area contributed by atoms with Crippen molar-refractivity contribution < 1.29 is 57.0 Å². The van der Waals surface area contributed by atoms with Crippen LogP contribution in [0.15, 0.2) is 48.5 Å². The van der Waals surface area contributed by atoms with E-state index in [2.05, 4.69) is 36.8 Å². The molecule has 8 rings (SSSR count). The number of fused-ring (bicyclic) bond motifs is 12. The minimum Gasteiger partial charge on any atom is -0.493 e. The van der Waals surface area contributed by atoms with Crippen LogP contribution in [0.2, 0.25) is 0 Å². The first-order chi connectivity index (χ1) is 33.9. The Hall–Kier alpha value is -7.22. The summed E-state index contributed by atoms with van der Waals surface area (Å²) >= 11 is 0. The van der Waals surface area contributed by atoms with Gasteiger partial charge in [-0.25, -0.2) is 9.59 Å². The Morgan fingerprint density at radius 3 is 0.829 bits per heavy atom. The highest BCUT2D eigenvalue weighted by molar-refractivity contribution is 6.37. The molecule has 0 bridgehead atoms. The molecule has 0 N–H and O–H groups in total. The van der Waals surface area contributed by atoms with Crippen LogP contribution >= 0.6 is 0 Å². The SMILES string of the molecule is CCOC(=O)c1c2c3cc(OC)c(OC)cc3c3cc(OC)c(OC)cc3c2c(-c2c3c4cc(OC)c(OC)cc4c4cc(OC)c(OC)cc4c3c(C(=O)OCC)n2CC(C)CC)n1CC(C)CC. The molecule has 2 aromatic heterocycles. The normalized spacial score (nSPS) is 12.5. The molecule has 6 aromatic carbocycles. The molecule has 0 aliphatic carbocycles. The maximum absolute atomic E-state index is 15.2. The molecule has 0 amide bonds. The number of ether oxygens (including phenoxy) is 10. The highest BCUT2D eigenvalue weighted by Gasteiger charge is 2.36. The lowest BCUT2D eigenvalue weighted by Crippen LogP contribution is -2.19. The van der Waals surface area contributed by atoms with E-state index >= 15 is 9.59 Å². The number of esters is 2. The lowest BCUT2D eigenvalue weighted by Gasteiger charge is -2.21. The molecule has 0 aliphatic heterocycles. The molecule has 0 saturated heterocycles. The Labute approximate surface area is 408 Å². The fourth-order valence-corrected chi connectivity index (χ4v) is 10.1. The second-order valence-corrected chi connectivity index (χ2v) is 17.6. The molecule has 70 heavy (non-hydrogen) atoms. The number of methoxy groups -OCH3 is 8. The molecule has 370 valence electrons. The number of hydrogen-bond acceptors (Lipinski definition) is 12. The van der Waals surface area contributed by atoms with Crippen molar-refractivity contribution in [3.05, 3.63) is 59.9 Å². The first-order valence-corrected chi connectivity index (χ1v) is 23.8. The van der Waals surface area contributed by atoms with Gasteiger partial charge in [0, 0.05) is 34.6 Å². The maximum atomic E-state index is 15.2. The van der Waals surface area contributed by atoms with Crippen molar-refractivity contribution in [1.29, 1.82) is 0 Å². The molecule has 0 saturated carbocycles. The number of hydrogen-bond donors (Lipinski definition) is 0. The lowest BCUT2D eigenvalue weighted by molar-refractivity contribution is 0.0505. The summed E-state index contributed by atoms with van der Waals surface area (Å²) in [4.78, 5) is 30.5. The predicted octanol–water partition coefficient (Wildman–Crippen LogP) is 12.4. The number of rotatable bonds is 19. The first-order valence-electron chi connectivity index (χ1n) is 23.8. The average molecular weight is 957 g/mol. The highest BCUT2D eigenvalue weighted by atomic mass is 16.5. The molecule has 14 heteroatoms. The zero-order valence-corrected chi connectivity index (χ0v) is 42.8. The Kier molecular flexibility index (Phi) is 14.1. The Bertz CT molecular complexity index is 3120. The molecule has 8 aromatic rings. The minimum absolute atomic E-state index is 0.0583. The van der Waals surface area contributed by atoms with E-state index in [0.29, 0.717) is 103 Å². The lowest BCUT2D eigenvalue weighted by atomic mass is 9.91. The van der Waals surface area contributed by atoms with Crippen LogP contribution in [-0.2, 0) is 22.6 Å². The topological polar surface area (TPSA) is 136 Å². The van der Waals surface area contributed by atoms with Crippen LogP contribution in [0, 0.1) is 11.8 Å². The van der Waals surface area contributed by atoms with Gasteiger partial charge in [-0.1, -0.05) is 40.5 Å². The standard InChI is InChI=1S/C56H64N2O12/c1-15-29(5)27-57-51(47-35-23-43(65-11)39(61-7)19-31(35)33-21-41(63-9)45(67-13)25-37(33)49(47)53(57)55(59)69-17-3)52-48-36-24-44(66-12)40(62-8)20-32(36)34-22-42(64-10)46(68-14)26-38(34)50(48)54(56(60)70-18-4)58(52)28-30(6)16-2/h19-26,29-30H,15-18,27-28H2,1-14H3. The molecule has 0 radical (unpaired) electrons. The van der Waals surface area contributed by atoms with Crippen molar-refractivity contribution in [2.24, 2.45) is 11.8 Å². The van der Waals surface area contributed by atoms with Gasteiger partial charge in [-0.15, -0.1) is 0 Å². The van der Waals surface area contributed by atoms with Crippen LogP contribution in [0.3, 0.4) is 0 Å². The van der Waals surface area contributed by atoms with Crippen molar-refractivity contribution in [1.82, 2.24) is 9.13 Å². The largest absolute Gasteiger partial charge is 0.493 e. The molecule has 2 unspecified atom stereocenters. The third-order valence-corrected chi connectivity index (χ3v) is 13.8. The van der Waals surface area contributed by atoms with Gasteiger partial charge in [-0.05, 0) is 117 Å². The van der Waals surface area contributed by atoms with Gasteiger partial charge in [0.15, 0.2) is 46.0 Å². The van der Waals surface area contributed by atoms with E-state index in [4.69, 9.17) is 47.4 Å². The fourth-order valence-electron chi connectivity index (χ4n) is 10.1. The monoisotopic (exact) mass is 956 g/mol. The predicted molar refractivity (Wildman–Crippen MR) is 276 cm³/mol. The van der Waals surface area contributed by atoms with E-state index in [-0.39, 0.29) is 25.0 Å². The number of carbonyl (C=O) groups is 2. The van der Waals surface area contributed by atoms with E-state index in [9.17, 15) is 0 Å². The molecular formula is C56H64N2O12.